The molecule has 7 nitrogen and oxygen atoms in total. The van der Waals surface area contributed by atoms with E-state index in [1.54, 1.807) is 17.5 Å². The van der Waals surface area contributed by atoms with Crippen LogP contribution in [0, 0.1) is 0 Å². The summed E-state index contributed by atoms with van der Waals surface area (Å²) in [5.74, 6) is 0.811. The monoisotopic (exact) mass is 461 g/mol. The molecule has 0 radical (unpaired) electrons. The smallest absolute Gasteiger partial charge is 0.231 e. The molecule has 1 aliphatic rings. The van der Waals surface area contributed by atoms with Gasteiger partial charge in [-0.25, -0.2) is 9.97 Å². The maximum absolute atomic E-state index is 12.7. The second-order valence-electron chi connectivity index (χ2n) is 6.83. The SMILES string of the molecule is O=C(Cc1cccs1)Nc1nc(CC(=O)N2CCN(c3ccc(Cl)cn3)CC2)cs1. The molecule has 30 heavy (non-hydrogen) atoms. The zero-order chi connectivity index (χ0) is 20.9. The van der Waals surface area contributed by atoms with Gasteiger partial charge in [0.25, 0.3) is 0 Å². The molecule has 1 saturated heterocycles. The van der Waals surface area contributed by atoms with Gasteiger partial charge < -0.3 is 15.1 Å². The van der Waals surface area contributed by atoms with Gasteiger partial charge in [-0.1, -0.05) is 17.7 Å². The fourth-order valence-corrected chi connectivity index (χ4v) is 4.73. The third kappa shape index (κ3) is 5.35. The van der Waals surface area contributed by atoms with E-state index >= 15 is 0 Å². The fourth-order valence-electron chi connectivity index (χ4n) is 3.19. The van der Waals surface area contributed by atoms with Crippen molar-refractivity contribution in [3.63, 3.8) is 0 Å². The zero-order valence-corrected chi connectivity index (χ0v) is 18.5. The lowest BCUT2D eigenvalue weighted by atomic mass is 10.2. The summed E-state index contributed by atoms with van der Waals surface area (Å²) in [5, 5.41) is 7.72. The van der Waals surface area contributed by atoms with Crippen LogP contribution in [0.25, 0.3) is 0 Å². The Kier molecular flexibility index (Phi) is 6.61. The molecular formula is C20H20ClN5O2S2. The van der Waals surface area contributed by atoms with E-state index in [0.29, 0.717) is 35.4 Å². The summed E-state index contributed by atoms with van der Waals surface area (Å²) in [4.78, 5) is 38.5. The first kappa shape index (κ1) is 20.8. The van der Waals surface area contributed by atoms with Gasteiger partial charge in [0.2, 0.25) is 11.8 Å². The fraction of sp³-hybridized carbons (Fsp3) is 0.300. The molecule has 1 fully saturated rings. The van der Waals surface area contributed by atoms with Gasteiger partial charge >= 0.3 is 0 Å². The number of carbonyl (C=O) groups excluding carboxylic acids is 2. The van der Waals surface area contributed by atoms with Crippen molar-refractivity contribution in [2.75, 3.05) is 36.4 Å². The van der Waals surface area contributed by atoms with Gasteiger partial charge in [-0.05, 0) is 23.6 Å². The summed E-state index contributed by atoms with van der Waals surface area (Å²) in [6.07, 6.45) is 2.20. The van der Waals surface area contributed by atoms with Crippen LogP contribution in [0.4, 0.5) is 10.9 Å². The number of hydrogen-bond acceptors (Lipinski definition) is 7. The number of pyridine rings is 1. The molecular weight excluding hydrogens is 442 g/mol. The summed E-state index contributed by atoms with van der Waals surface area (Å²) >= 11 is 8.78. The van der Waals surface area contributed by atoms with Crippen molar-refractivity contribution in [3.8, 4) is 0 Å². The van der Waals surface area contributed by atoms with Crippen molar-refractivity contribution < 1.29 is 9.59 Å². The van der Waals surface area contributed by atoms with Gasteiger partial charge in [0, 0.05) is 42.6 Å². The van der Waals surface area contributed by atoms with Gasteiger partial charge in [0.05, 0.1) is 23.6 Å². The first-order valence-electron chi connectivity index (χ1n) is 9.48. The summed E-state index contributed by atoms with van der Waals surface area (Å²) in [6.45, 7) is 2.72. The summed E-state index contributed by atoms with van der Waals surface area (Å²) < 4.78 is 0. The minimum absolute atomic E-state index is 0.0421. The molecule has 1 N–H and O–H groups in total. The molecule has 0 saturated carbocycles. The topological polar surface area (TPSA) is 78.4 Å². The third-order valence-electron chi connectivity index (χ3n) is 4.71. The molecule has 4 heterocycles. The molecule has 0 unspecified atom stereocenters. The molecule has 0 bridgehead atoms. The summed E-state index contributed by atoms with van der Waals surface area (Å²) in [6, 6.07) is 7.56. The Bertz CT molecular complexity index is 999. The second-order valence-corrected chi connectivity index (χ2v) is 9.15. The minimum Gasteiger partial charge on any atom is -0.353 e. The highest BCUT2D eigenvalue weighted by molar-refractivity contribution is 7.14. The van der Waals surface area contributed by atoms with Crippen molar-refractivity contribution in [2.45, 2.75) is 12.8 Å². The van der Waals surface area contributed by atoms with Crippen LogP contribution in [-0.4, -0.2) is 52.9 Å². The molecule has 3 aromatic heterocycles. The third-order valence-corrected chi connectivity index (χ3v) is 6.62. The molecule has 10 heteroatoms. The van der Waals surface area contributed by atoms with Crippen LogP contribution in [0.1, 0.15) is 10.6 Å². The Labute approximate surface area is 187 Å². The molecule has 0 aromatic carbocycles. The maximum atomic E-state index is 12.7. The number of piperazine rings is 1. The quantitative estimate of drug-likeness (QED) is 0.609. The lowest BCUT2D eigenvalue weighted by Crippen LogP contribution is -2.49. The predicted molar refractivity (Wildman–Crippen MR) is 121 cm³/mol. The number of rotatable bonds is 6. The number of carbonyl (C=O) groups is 2. The number of thiazole rings is 1. The highest BCUT2D eigenvalue weighted by Crippen LogP contribution is 2.19. The van der Waals surface area contributed by atoms with Crippen LogP contribution >= 0.6 is 34.3 Å². The van der Waals surface area contributed by atoms with Gasteiger partial charge in [0.1, 0.15) is 5.82 Å². The van der Waals surface area contributed by atoms with Crippen LogP contribution in [0.15, 0.2) is 41.2 Å². The van der Waals surface area contributed by atoms with E-state index in [-0.39, 0.29) is 18.2 Å². The number of nitrogens with one attached hydrogen (secondary N) is 1. The summed E-state index contributed by atoms with van der Waals surface area (Å²) in [7, 11) is 0. The van der Waals surface area contributed by atoms with E-state index in [1.165, 1.54) is 11.3 Å². The average molecular weight is 462 g/mol. The van der Waals surface area contributed by atoms with Crippen LogP contribution in [0.3, 0.4) is 0 Å². The number of thiophene rings is 1. The number of halogens is 1. The molecule has 0 atom stereocenters. The van der Waals surface area contributed by atoms with E-state index in [1.807, 2.05) is 39.9 Å². The number of anilines is 2. The maximum Gasteiger partial charge on any atom is 0.231 e. The molecule has 0 spiro atoms. The van der Waals surface area contributed by atoms with Crippen molar-refractivity contribution in [3.05, 3.63) is 56.8 Å². The molecule has 3 aromatic rings. The van der Waals surface area contributed by atoms with Crippen molar-refractivity contribution >= 4 is 57.0 Å². The Balaban J connectivity index is 1.25. The van der Waals surface area contributed by atoms with Crippen molar-refractivity contribution in [2.24, 2.45) is 0 Å². The van der Waals surface area contributed by atoms with Gasteiger partial charge in [0.15, 0.2) is 5.13 Å². The first-order chi connectivity index (χ1) is 14.6. The van der Waals surface area contributed by atoms with Gasteiger partial charge in [-0.3, -0.25) is 9.59 Å². The Hall–Kier alpha value is -2.49. The van der Waals surface area contributed by atoms with Crippen LogP contribution < -0.4 is 10.2 Å². The number of aromatic nitrogens is 2. The molecule has 156 valence electrons. The van der Waals surface area contributed by atoms with E-state index < -0.39 is 0 Å². The Morgan fingerprint density at radius 3 is 2.63 bits per heavy atom. The van der Waals surface area contributed by atoms with Crippen molar-refractivity contribution in [1.82, 2.24) is 14.9 Å². The zero-order valence-electron chi connectivity index (χ0n) is 16.1. The highest BCUT2D eigenvalue weighted by atomic mass is 35.5. The largest absolute Gasteiger partial charge is 0.353 e. The Morgan fingerprint density at radius 1 is 1.10 bits per heavy atom. The Morgan fingerprint density at radius 2 is 1.93 bits per heavy atom. The van der Waals surface area contributed by atoms with E-state index in [0.717, 1.165) is 23.8 Å². The molecule has 4 rings (SSSR count). The standard InChI is InChI=1S/C20H20ClN5O2S2/c21-14-3-4-17(22-12-14)25-5-7-26(8-6-25)19(28)10-15-13-30-20(23-15)24-18(27)11-16-2-1-9-29-16/h1-4,9,12-13H,5-8,10-11H2,(H,23,24,27). The predicted octanol–water partition coefficient (Wildman–Crippen LogP) is 3.33. The lowest BCUT2D eigenvalue weighted by molar-refractivity contribution is -0.130. The van der Waals surface area contributed by atoms with Crippen LogP contribution in [-0.2, 0) is 22.4 Å². The minimum atomic E-state index is -0.100. The lowest BCUT2D eigenvalue weighted by Gasteiger charge is -2.35. The molecule has 2 amide bonds. The highest BCUT2D eigenvalue weighted by Gasteiger charge is 2.22. The first-order valence-corrected chi connectivity index (χ1v) is 11.6. The van der Waals surface area contributed by atoms with E-state index in [4.69, 9.17) is 11.6 Å². The average Bonchev–Trinajstić information content (AvgIpc) is 3.41. The molecule has 0 aliphatic carbocycles. The number of hydrogen-bond donors (Lipinski definition) is 1. The second kappa shape index (κ2) is 9.55. The summed E-state index contributed by atoms with van der Waals surface area (Å²) in [5.41, 5.74) is 0.679. The van der Waals surface area contributed by atoms with Gasteiger partial charge in [-0.15, -0.1) is 22.7 Å². The molecule has 1 aliphatic heterocycles. The normalized spacial score (nSPS) is 14.0. The van der Waals surface area contributed by atoms with Crippen LogP contribution in [0.5, 0.6) is 0 Å². The van der Waals surface area contributed by atoms with Crippen molar-refractivity contribution in [1.29, 1.82) is 0 Å². The number of nitrogens with zero attached hydrogens (tertiary/aromatic N) is 4. The number of amides is 2. The van der Waals surface area contributed by atoms with E-state index in [2.05, 4.69) is 20.2 Å². The van der Waals surface area contributed by atoms with Crippen LogP contribution in [0.2, 0.25) is 5.02 Å². The van der Waals surface area contributed by atoms with Gasteiger partial charge in [-0.2, -0.15) is 0 Å². The van der Waals surface area contributed by atoms with E-state index in [9.17, 15) is 9.59 Å².